The molecule has 0 amide bonds. The van der Waals surface area contributed by atoms with Crippen molar-refractivity contribution in [3.63, 3.8) is 0 Å². The molecule has 0 aromatic rings. The minimum Gasteiger partial charge on any atom is -0.375 e. The maximum atomic E-state index is 6.11. The second-order valence-electron chi connectivity index (χ2n) is 6.85. The topological polar surface area (TPSA) is 24.5 Å². The summed E-state index contributed by atoms with van der Waals surface area (Å²) < 4.78 is 6.11. The summed E-state index contributed by atoms with van der Waals surface area (Å²) in [6.45, 7) is 16.1. The molecule has 0 radical (unpaired) electrons. The first-order valence-electron chi connectivity index (χ1n) is 7.16. The summed E-state index contributed by atoms with van der Waals surface area (Å²) >= 11 is 0. The molecular formula is C15H34N2O. The van der Waals surface area contributed by atoms with Crippen LogP contribution in [0.1, 0.15) is 41.5 Å². The van der Waals surface area contributed by atoms with Crippen molar-refractivity contribution in [3.8, 4) is 0 Å². The molecule has 1 N–H and O–H groups in total. The summed E-state index contributed by atoms with van der Waals surface area (Å²) in [7, 11) is 4.20. The fourth-order valence-electron chi connectivity index (χ4n) is 1.44. The Bertz CT molecular complexity index is 213. The summed E-state index contributed by atoms with van der Waals surface area (Å²) in [6, 6.07) is 0. The highest BCUT2D eigenvalue weighted by molar-refractivity contribution is 4.78. The first kappa shape index (κ1) is 17.9. The van der Waals surface area contributed by atoms with Gasteiger partial charge in [-0.15, -0.1) is 0 Å². The van der Waals surface area contributed by atoms with Crippen molar-refractivity contribution in [1.82, 2.24) is 10.2 Å². The minimum absolute atomic E-state index is 0.0885. The lowest BCUT2D eigenvalue weighted by Gasteiger charge is -2.34. The SMILES string of the molecule is CC(C)CNCC(OCC(C)(C)N(C)C)C(C)C. The van der Waals surface area contributed by atoms with E-state index in [9.17, 15) is 0 Å². The molecule has 3 heteroatoms. The van der Waals surface area contributed by atoms with Crippen molar-refractivity contribution in [1.29, 1.82) is 0 Å². The van der Waals surface area contributed by atoms with Crippen LogP contribution < -0.4 is 5.32 Å². The molecule has 1 atom stereocenters. The quantitative estimate of drug-likeness (QED) is 0.688. The Morgan fingerprint density at radius 2 is 1.61 bits per heavy atom. The zero-order chi connectivity index (χ0) is 14.3. The van der Waals surface area contributed by atoms with Crippen LogP contribution in [0.2, 0.25) is 0 Å². The van der Waals surface area contributed by atoms with Crippen molar-refractivity contribution in [2.24, 2.45) is 11.8 Å². The van der Waals surface area contributed by atoms with Gasteiger partial charge in [-0.05, 0) is 46.3 Å². The molecule has 1 unspecified atom stereocenters. The third kappa shape index (κ3) is 7.34. The molecule has 0 bridgehead atoms. The van der Waals surface area contributed by atoms with Crippen molar-refractivity contribution in [2.45, 2.75) is 53.2 Å². The molecule has 0 rings (SSSR count). The molecular weight excluding hydrogens is 224 g/mol. The molecule has 0 aromatic heterocycles. The van der Waals surface area contributed by atoms with E-state index in [4.69, 9.17) is 4.74 Å². The van der Waals surface area contributed by atoms with E-state index < -0.39 is 0 Å². The highest BCUT2D eigenvalue weighted by atomic mass is 16.5. The average molecular weight is 258 g/mol. The number of nitrogens with one attached hydrogen (secondary N) is 1. The summed E-state index contributed by atoms with van der Waals surface area (Å²) in [6.07, 6.45) is 0.294. The number of likely N-dealkylation sites (N-methyl/N-ethyl adjacent to an activating group) is 1. The second-order valence-corrected chi connectivity index (χ2v) is 6.85. The van der Waals surface area contributed by atoms with Crippen LogP contribution in [-0.4, -0.2) is 50.3 Å². The number of nitrogens with zero attached hydrogens (tertiary/aromatic N) is 1. The van der Waals surface area contributed by atoms with Crippen LogP contribution >= 0.6 is 0 Å². The van der Waals surface area contributed by atoms with Crippen molar-refractivity contribution in [3.05, 3.63) is 0 Å². The zero-order valence-electron chi connectivity index (χ0n) is 13.7. The molecule has 0 aliphatic carbocycles. The maximum Gasteiger partial charge on any atom is 0.0723 e. The average Bonchev–Trinajstić information content (AvgIpc) is 2.21. The maximum absolute atomic E-state index is 6.11. The lowest BCUT2D eigenvalue weighted by Crippen LogP contribution is -2.45. The largest absolute Gasteiger partial charge is 0.375 e. The molecule has 0 heterocycles. The first-order chi connectivity index (χ1) is 8.16. The monoisotopic (exact) mass is 258 g/mol. The predicted molar refractivity (Wildman–Crippen MR) is 80.1 cm³/mol. The number of rotatable bonds is 9. The Balaban J connectivity index is 4.12. The summed E-state index contributed by atoms with van der Waals surface area (Å²) in [4.78, 5) is 2.21. The summed E-state index contributed by atoms with van der Waals surface area (Å²) in [5.41, 5.74) is 0.0885. The molecule has 0 aliphatic rings. The molecule has 110 valence electrons. The standard InChI is InChI=1S/C15H34N2O/c1-12(2)9-16-10-14(13(3)4)18-11-15(5,6)17(7)8/h12-14,16H,9-11H2,1-8H3. The highest BCUT2D eigenvalue weighted by Gasteiger charge is 2.23. The van der Waals surface area contributed by atoms with E-state index >= 15 is 0 Å². The Labute approximate surface area is 114 Å². The minimum atomic E-state index is 0.0885. The molecule has 0 saturated heterocycles. The van der Waals surface area contributed by atoms with E-state index in [-0.39, 0.29) is 5.54 Å². The van der Waals surface area contributed by atoms with Crippen molar-refractivity contribution in [2.75, 3.05) is 33.8 Å². The van der Waals surface area contributed by atoms with Gasteiger partial charge in [0, 0.05) is 12.1 Å². The fraction of sp³-hybridized carbons (Fsp3) is 1.00. The highest BCUT2D eigenvalue weighted by Crippen LogP contribution is 2.14. The zero-order valence-corrected chi connectivity index (χ0v) is 13.7. The van der Waals surface area contributed by atoms with Gasteiger partial charge in [0.1, 0.15) is 0 Å². The third-order valence-electron chi connectivity index (χ3n) is 3.50. The Morgan fingerprint density at radius 1 is 1.06 bits per heavy atom. The Hall–Kier alpha value is -0.120. The summed E-state index contributed by atoms with van der Waals surface area (Å²) in [5.74, 6) is 1.23. The van der Waals surface area contributed by atoms with Gasteiger partial charge < -0.3 is 15.0 Å². The van der Waals surface area contributed by atoms with E-state index in [1.165, 1.54) is 0 Å². The number of hydrogen-bond donors (Lipinski definition) is 1. The van der Waals surface area contributed by atoms with Gasteiger partial charge in [-0.2, -0.15) is 0 Å². The van der Waals surface area contributed by atoms with Gasteiger partial charge in [0.25, 0.3) is 0 Å². The fourth-order valence-corrected chi connectivity index (χ4v) is 1.44. The normalized spacial score (nSPS) is 14.8. The predicted octanol–water partition coefficient (Wildman–Crippen LogP) is 2.61. The van der Waals surface area contributed by atoms with Crippen LogP contribution in [0.15, 0.2) is 0 Å². The lowest BCUT2D eigenvalue weighted by atomic mass is 10.0. The smallest absolute Gasteiger partial charge is 0.0723 e. The van der Waals surface area contributed by atoms with Crippen LogP contribution in [0.25, 0.3) is 0 Å². The molecule has 18 heavy (non-hydrogen) atoms. The van der Waals surface area contributed by atoms with Crippen LogP contribution in [0, 0.1) is 11.8 Å². The van der Waals surface area contributed by atoms with Gasteiger partial charge in [-0.1, -0.05) is 27.7 Å². The molecule has 0 aliphatic heterocycles. The lowest BCUT2D eigenvalue weighted by molar-refractivity contribution is -0.0301. The van der Waals surface area contributed by atoms with Gasteiger partial charge >= 0.3 is 0 Å². The van der Waals surface area contributed by atoms with Gasteiger partial charge in [-0.3, -0.25) is 0 Å². The number of hydrogen-bond acceptors (Lipinski definition) is 3. The molecule has 0 aromatic carbocycles. The summed E-state index contributed by atoms with van der Waals surface area (Å²) in [5, 5.41) is 3.49. The Morgan fingerprint density at radius 3 is 2.00 bits per heavy atom. The Kier molecular flexibility index (Phi) is 8.08. The van der Waals surface area contributed by atoms with Gasteiger partial charge in [0.15, 0.2) is 0 Å². The van der Waals surface area contributed by atoms with E-state index in [0.717, 1.165) is 19.7 Å². The van der Waals surface area contributed by atoms with Crippen LogP contribution in [0.5, 0.6) is 0 Å². The van der Waals surface area contributed by atoms with Gasteiger partial charge in [0.2, 0.25) is 0 Å². The molecule has 0 fully saturated rings. The van der Waals surface area contributed by atoms with E-state index in [1.807, 2.05) is 0 Å². The third-order valence-corrected chi connectivity index (χ3v) is 3.50. The number of ether oxygens (including phenoxy) is 1. The first-order valence-corrected chi connectivity index (χ1v) is 7.16. The van der Waals surface area contributed by atoms with Crippen molar-refractivity contribution >= 4 is 0 Å². The van der Waals surface area contributed by atoms with Crippen molar-refractivity contribution < 1.29 is 4.74 Å². The molecule has 0 saturated carbocycles. The van der Waals surface area contributed by atoms with Gasteiger partial charge in [-0.25, -0.2) is 0 Å². The van der Waals surface area contributed by atoms with E-state index in [1.54, 1.807) is 0 Å². The molecule has 3 nitrogen and oxygen atoms in total. The van der Waals surface area contributed by atoms with E-state index in [2.05, 4.69) is 65.9 Å². The van der Waals surface area contributed by atoms with Crippen LogP contribution in [0.4, 0.5) is 0 Å². The van der Waals surface area contributed by atoms with Crippen LogP contribution in [-0.2, 0) is 4.74 Å². The van der Waals surface area contributed by atoms with Gasteiger partial charge in [0.05, 0.1) is 12.7 Å². The van der Waals surface area contributed by atoms with E-state index in [0.29, 0.717) is 17.9 Å². The van der Waals surface area contributed by atoms with Crippen LogP contribution in [0.3, 0.4) is 0 Å². The molecule has 0 spiro atoms. The second kappa shape index (κ2) is 8.13.